The summed E-state index contributed by atoms with van der Waals surface area (Å²) in [5, 5.41) is 2.85. The summed E-state index contributed by atoms with van der Waals surface area (Å²) in [6.07, 6.45) is 1.80. The van der Waals surface area contributed by atoms with E-state index in [1.54, 1.807) is 17.5 Å². The van der Waals surface area contributed by atoms with Gasteiger partial charge in [0.15, 0.2) is 10.1 Å². The molecule has 0 saturated carbocycles. The molecule has 102 valence electrons. The molecule has 0 spiro atoms. The van der Waals surface area contributed by atoms with Crippen LogP contribution in [0.15, 0.2) is 40.2 Å². The van der Waals surface area contributed by atoms with Gasteiger partial charge < -0.3 is 4.98 Å². The fraction of sp³-hybridized carbons (Fsp3) is 0.200. The van der Waals surface area contributed by atoms with E-state index in [0.29, 0.717) is 0 Å². The zero-order chi connectivity index (χ0) is 14.1. The Balaban J connectivity index is 1.84. The molecule has 3 rings (SSSR count). The number of para-hydroxylation sites is 1. The second-order valence-electron chi connectivity index (χ2n) is 4.63. The molecule has 0 fully saturated rings. The highest BCUT2D eigenvalue weighted by molar-refractivity contribution is 8.02. The molecule has 0 saturated heterocycles. The molecular formula is C15H14N2OS2. The Hall–Kier alpha value is -1.59. The zero-order valence-electron chi connectivity index (χ0n) is 11.2. The molecule has 0 bridgehead atoms. The first-order chi connectivity index (χ1) is 9.65. The van der Waals surface area contributed by atoms with Crippen molar-refractivity contribution in [3.63, 3.8) is 0 Å². The van der Waals surface area contributed by atoms with Gasteiger partial charge in [0.2, 0.25) is 0 Å². The van der Waals surface area contributed by atoms with E-state index < -0.39 is 0 Å². The van der Waals surface area contributed by atoms with Crippen LogP contribution in [0.4, 0.5) is 0 Å². The summed E-state index contributed by atoms with van der Waals surface area (Å²) >= 11 is 3.11. The van der Waals surface area contributed by atoms with Crippen molar-refractivity contribution in [2.45, 2.75) is 23.4 Å². The van der Waals surface area contributed by atoms with Gasteiger partial charge in [-0.3, -0.25) is 4.79 Å². The van der Waals surface area contributed by atoms with Gasteiger partial charge >= 0.3 is 0 Å². The van der Waals surface area contributed by atoms with Gasteiger partial charge in [-0.25, -0.2) is 4.98 Å². The second kappa shape index (κ2) is 5.42. The van der Waals surface area contributed by atoms with Crippen LogP contribution in [0, 0.1) is 6.92 Å². The number of fused-ring (bicyclic) bond motifs is 1. The number of H-pyrrole nitrogens is 1. The van der Waals surface area contributed by atoms with Crippen molar-refractivity contribution in [2.24, 2.45) is 0 Å². The third-order valence-corrected chi connectivity index (χ3v) is 5.29. The zero-order valence-corrected chi connectivity index (χ0v) is 12.8. The summed E-state index contributed by atoms with van der Waals surface area (Å²) in [6.45, 7) is 3.90. The lowest BCUT2D eigenvalue weighted by Crippen LogP contribution is -2.12. The molecule has 0 aliphatic heterocycles. The van der Waals surface area contributed by atoms with Crippen molar-refractivity contribution in [1.29, 1.82) is 0 Å². The Bertz CT molecular complexity index is 760. The Labute approximate surface area is 125 Å². The molecule has 5 heteroatoms. The average molecular weight is 302 g/mol. The number of hydrogen-bond donors (Lipinski definition) is 1. The number of hydrogen-bond acceptors (Lipinski definition) is 4. The first-order valence-corrected chi connectivity index (χ1v) is 8.10. The first kappa shape index (κ1) is 13.4. The Morgan fingerprint density at radius 2 is 2.20 bits per heavy atom. The highest BCUT2D eigenvalue weighted by atomic mass is 32.2. The van der Waals surface area contributed by atoms with E-state index in [4.69, 9.17) is 0 Å². The summed E-state index contributed by atoms with van der Waals surface area (Å²) in [5.41, 5.74) is 2.76. The predicted octanol–water partition coefficient (Wildman–Crippen LogP) is 4.30. The Morgan fingerprint density at radius 1 is 1.40 bits per heavy atom. The van der Waals surface area contributed by atoms with E-state index in [1.807, 2.05) is 43.5 Å². The van der Waals surface area contributed by atoms with Crippen molar-refractivity contribution in [1.82, 2.24) is 9.97 Å². The van der Waals surface area contributed by atoms with Gasteiger partial charge in [-0.15, -0.1) is 11.3 Å². The third-order valence-electron chi connectivity index (χ3n) is 3.10. The summed E-state index contributed by atoms with van der Waals surface area (Å²) in [7, 11) is 0. The number of aryl methyl sites for hydroxylation is 1. The molecule has 1 aromatic carbocycles. The normalized spacial score (nSPS) is 12.7. The highest BCUT2D eigenvalue weighted by Gasteiger charge is 2.20. The molecule has 1 unspecified atom stereocenters. The summed E-state index contributed by atoms with van der Waals surface area (Å²) in [6, 6.07) is 7.87. The smallest absolute Gasteiger partial charge is 0.178 e. The fourth-order valence-corrected chi connectivity index (χ4v) is 4.14. The maximum atomic E-state index is 12.6. The van der Waals surface area contributed by atoms with Gasteiger partial charge in [0.1, 0.15) is 0 Å². The van der Waals surface area contributed by atoms with Gasteiger partial charge in [0, 0.05) is 33.7 Å². The monoisotopic (exact) mass is 302 g/mol. The minimum Gasteiger partial charge on any atom is -0.360 e. The van der Waals surface area contributed by atoms with E-state index in [9.17, 15) is 4.79 Å². The highest BCUT2D eigenvalue weighted by Crippen LogP contribution is 2.30. The molecule has 1 atom stereocenters. The van der Waals surface area contributed by atoms with E-state index in [2.05, 4.69) is 9.97 Å². The number of nitrogens with zero attached hydrogens (tertiary/aromatic N) is 1. The number of aromatic nitrogens is 2. The SMILES string of the molecule is Cc1csc(SC(C)C(=O)c2c[nH]c3ccccc23)n1. The van der Waals surface area contributed by atoms with Crippen molar-refractivity contribution >= 4 is 39.8 Å². The summed E-state index contributed by atoms with van der Waals surface area (Å²) in [5.74, 6) is 0.139. The molecule has 2 aromatic heterocycles. The summed E-state index contributed by atoms with van der Waals surface area (Å²) < 4.78 is 0.947. The van der Waals surface area contributed by atoms with E-state index in [0.717, 1.165) is 26.5 Å². The summed E-state index contributed by atoms with van der Waals surface area (Å²) in [4.78, 5) is 20.1. The lowest BCUT2D eigenvalue weighted by atomic mass is 10.1. The molecule has 0 aliphatic rings. The van der Waals surface area contributed by atoms with E-state index in [1.165, 1.54) is 11.8 Å². The molecule has 0 amide bonds. The van der Waals surface area contributed by atoms with Crippen LogP contribution in [0.2, 0.25) is 0 Å². The number of thiazole rings is 1. The number of carbonyl (C=O) groups excluding carboxylic acids is 1. The van der Waals surface area contributed by atoms with E-state index in [-0.39, 0.29) is 11.0 Å². The maximum Gasteiger partial charge on any atom is 0.178 e. The molecule has 0 aliphatic carbocycles. The quantitative estimate of drug-likeness (QED) is 0.577. The topological polar surface area (TPSA) is 45.8 Å². The Kier molecular flexibility index (Phi) is 3.63. The van der Waals surface area contributed by atoms with Crippen LogP contribution in [0.1, 0.15) is 23.0 Å². The number of thioether (sulfide) groups is 1. The number of Topliss-reactive ketones (excluding diaryl/α,β-unsaturated/α-hetero) is 1. The van der Waals surface area contributed by atoms with Crippen molar-refractivity contribution in [3.05, 3.63) is 47.1 Å². The number of carbonyl (C=O) groups is 1. The van der Waals surface area contributed by atoms with Crippen LogP contribution in [-0.2, 0) is 0 Å². The second-order valence-corrected chi connectivity index (χ2v) is 7.07. The molecule has 20 heavy (non-hydrogen) atoms. The molecule has 1 N–H and O–H groups in total. The number of nitrogens with one attached hydrogen (secondary N) is 1. The molecule has 3 nitrogen and oxygen atoms in total. The number of benzene rings is 1. The fourth-order valence-electron chi connectivity index (χ4n) is 2.09. The first-order valence-electron chi connectivity index (χ1n) is 6.34. The standard InChI is InChI=1S/C15H14N2OS2/c1-9-8-19-15(17-9)20-10(2)14(18)12-7-16-13-6-4-3-5-11(12)13/h3-8,10,16H,1-2H3. The van der Waals surface area contributed by atoms with Crippen LogP contribution in [-0.4, -0.2) is 21.0 Å². The van der Waals surface area contributed by atoms with Crippen LogP contribution in [0.5, 0.6) is 0 Å². The minimum atomic E-state index is -0.139. The van der Waals surface area contributed by atoms with Gasteiger partial charge in [-0.1, -0.05) is 30.0 Å². The molecule has 0 radical (unpaired) electrons. The third kappa shape index (κ3) is 2.51. The van der Waals surface area contributed by atoms with Crippen LogP contribution in [0.25, 0.3) is 10.9 Å². The average Bonchev–Trinajstić information content (AvgIpc) is 3.04. The van der Waals surface area contributed by atoms with Crippen molar-refractivity contribution in [2.75, 3.05) is 0 Å². The van der Waals surface area contributed by atoms with Gasteiger partial charge in [0.05, 0.1) is 5.25 Å². The predicted molar refractivity (Wildman–Crippen MR) is 84.8 cm³/mol. The number of rotatable bonds is 4. The van der Waals surface area contributed by atoms with Crippen LogP contribution in [0.3, 0.4) is 0 Å². The number of ketones is 1. The van der Waals surface area contributed by atoms with Gasteiger partial charge in [0.25, 0.3) is 0 Å². The largest absolute Gasteiger partial charge is 0.360 e. The van der Waals surface area contributed by atoms with Crippen molar-refractivity contribution in [3.8, 4) is 0 Å². The number of aromatic amines is 1. The lowest BCUT2D eigenvalue weighted by molar-refractivity contribution is 0.0995. The van der Waals surface area contributed by atoms with Gasteiger partial charge in [-0.05, 0) is 19.9 Å². The van der Waals surface area contributed by atoms with Crippen molar-refractivity contribution < 1.29 is 4.79 Å². The Morgan fingerprint density at radius 3 is 2.95 bits per heavy atom. The lowest BCUT2D eigenvalue weighted by Gasteiger charge is -2.07. The molecule has 3 aromatic rings. The van der Waals surface area contributed by atoms with E-state index >= 15 is 0 Å². The van der Waals surface area contributed by atoms with Crippen LogP contribution >= 0.6 is 23.1 Å². The van der Waals surface area contributed by atoms with Gasteiger partial charge in [-0.2, -0.15) is 0 Å². The molecular weight excluding hydrogens is 288 g/mol. The molecule has 2 heterocycles. The van der Waals surface area contributed by atoms with Crippen LogP contribution < -0.4 is 0 Å². The maximum absolute atomic E-state index is 12.6. The minimum absolute atomic E-state index is 0.139.